The molecular weight excluding hydrogens is 380 g/mol. The van der Waals surface area contributed by atoms with Crippen molar-refractivity contribution in [1.29, 1.82) is 0 Å². The molecule has 2 aliphatic heterocycles. The Hall–Kier alpha value is -3.67. The Kier molecular flexibility index (Phi) is 4.28. The highest BCUT2D eigenvalue weighted by Gasteiger charge is 2.42. The Labute approximate surface area is 174 Å². The lowest BCUT2D eigenvalue weighted by Crippen LogP contribution is -2.33. The lowest BCUT2D eigenvalue weighted by molar-refractivity contribution is -0.0210. The van der Waals surface area contributed by atoms with Gasteiger partial charge in [-0.2, -0.15) is 5.10 Å². The maximum absolute atomic E-state index is 10.4. The van der Waals surface area contributed by atoms with Crippen LogP contribution in [0.15, 0.2) is 65.8 Å². The second kappa shape index (κ2) is 6.99. The highest BCUT2D eigenvalue weighted by Crippen LogP contribution is 2.51. The van der Waals surface area contributed by atoms with Crippen molar-refractivity contribution in [2.24, 2.45) is 5.10 Å². The average molecular weight is 402 g/mol. The summed E-state index contributed by atoms with van der Waals surface area (Å²) in [7, 11) is 1.62. The SMILES string of the molecule is COc1cccc2c1O[C@H](c1cccc(O)c1)N1N=C(c3cc(C)ccc3O)C[C@H]21. The maximum atomic E-state index is 10.4. The van der Waals surface area contributed by atoms with Crippen molar-refractivity contribution in [3.05, 3.63) is 82.9 Å². The van der Waals surface area contributed by atoms with E-state index >= 15 is 0 Å². The first kappa shape index (κ1) is 18.4. The van der Waals surface area contributed by atoms with Crippen LogP contribution >= 0.6 is 0 Å². The number of methoxy groups -OCH3 is 1. The van der Waals surface area contributed by atoms with Crippen LogP contribution in [-0.4, -0.2) is 28.0 Å². The van der Waals surface area contributed by atoms with Gasteiger partial charge in [-0.05, 0) is 37.3 Å². The Morgan fingerprint density at radius 3 is 2.70 bits per heavy atom. The number of hydrogen-bond donors (Lipinski definition) is 2. The summed E-state index contributed by atoms with van der Waals surface area (Å²) in [6, 6.07) is 18.3. The molecule has 2 heterocycles. The van der Waals surface area contributed by atoms with E-state index in [1.54, 1.807) is 31.4 Å². The first-order valence-electron chi connectivity index (χ1n) is 9.83. The minimum Gasteiger partial charge on any atom is -0.508 e. The molecular formula is C24H22N2O4. The van der Waals surface area contributed by atoms with Crippen molar-refractivity contribution in [2.75, 3.05) is 7.11 Å². The van der Waals surface area contributed by atoms with Gasteiger partial charge in [0.2, 0.25) is 6.23 Å². The van der Waals surface area contributed by atoms with Gasteiger partial charge in [-0.15, -0.1) is 0 Å². The summed E-state index contributed by atoms with van der Waals surface area (Å²) in [5, 5.41) is 27.2. The number of aryl methyl sites for hydroxylation is 1. The molecule has 0 amide bonds. The van der Waals surface area contributed by atoms with Crippen molar-refractivity contribution in [3.8, 4) is 23.0 Å². The zero-order valence-corrected chi connectivity index (χ0v) is 16.7. The van der Waals surface area contributed by atoms with Crippen LogP contribution in [0.4, 0.5) is 0 Å². The number of fused-ring (bicyclic) bond motifs is 3. The van der Waals surface area contributed by atoms with E-state index in [1.165, 1.54) is 0 Å². The highest BCUT2D eigenvalue weighted by atomic mass is 16.5. The first-order chi connectivity index (χ1) is 14.5. The predicted octanol–water partition coefficient (Wildman–Crippen LogP) is 4.66. The van der Waals surface area contributed by atoms with Crippen LogP contribution in [0.5, 0.6) is 23.0 Å². The molecule has 2 aliphatic rings. The van der Waals surface area contributed by atoms with Crippen LogP contribution in [0.3, 0.4) is 0 Å². The summed E-state index contributed by atoms with van der Waals surface area (Å²) in [4.78, 5) is 0. The number of hydrazone groups is 1. The Bertz CT molecular complexity index is 1160. The average Bonchev–Trinajstić information content (AvgIpc) is 3.20. The van der Waals surface area contributed by atoms with Gasteiger partial charge in [0.15, 0.2) is 11.5 Å². The van der Waals surface area contributed by atoms with Gasteiger partial charge >= 0.3 is 0 Å². The predicted molar refractivity (Wildman–Crippen MR) is 113 cm³/mol. The van der Waals surface area contributed by atoms with Crippen molar-refractivity contribution in [2.45, 2.75) is 25.6 Å². The molecule has 0 radical (unpaired) electrons. The second-order valence-electron chi connectivity index (χ2n) is 7.61. The van der Waals surface area contributed by atoms with E-state index in [0.29, 0.717) is 17.9 Å². The number of nitrogens with zero attached hydrogens (tertiary/aromatic N) is 2. The van der Waals surface area contributed by atoms with Crippen molar-refractivity contribution in [3.63, 3.8) is 0 Å². The van der Waals surface area contributed by atoms with Crippen LogP contribution < -0.4 is 9.47 Å². The first-order valence-corrected chi connectivity index (χ1v) is 9.83. The van der Waals surface area contributed by atoms with Crippen molar-refractivity contribution >= 4 is 5.71 Å². The molecule has 3 aromatic carbocycles. The molecule has 0 fully saturated rings. The topological polar surface area (TPSA) is 74.5 Å². The van der Waals surface area contributed by atoms with E-state index in [9.17, 15) is 10.2 Å². The molecule has 6 heteroatoms. The van der Waals surface area contributed by atoms with Gasteiger partial charge < -0.3 is 19.7 Å². The normalized spacial score (nSPS) is 19.5. The molecule has 2 N–H and O–H groups in total. The molecule has 152 valence electrons. The van der Waals surface area contributed by atoms with Gasteiger partial charge in [0, 0.05) is 23.1 Å². The summed E-state index contributed by atoms with van der Waals surface area (Å²) in [5.41, 5.74) is 4.35. The van der Waals surface area contributed by atoms with E-state index in [1.807, 2.05) is 48.3 Å². The van der Waals surface area contributed by atoms with Gasteiger partial charge in [-0.1, -0.05) is 35.9 Å². The number of hydrogen-bond acceptors (Lipinski definition) is 6. The number of phenolic OH excluding ortho intramolecular Hbond substituents is 2. The molecule has 0 aromatic heterocycles. The fourth-order valence-corrected chi connectivity index (χ4v) is 4.19. The molecule has 0 bridgehead atoms. The lowest BCUT2D eigenvalue weighted by Gasteiger charge is -2.38. The Morgan fingerprint density at radius 2 is 1.90 bits per heavy atom. The lowest BCUT2D eigenvalue weighted by atomic mass is 9.94. The van der Waals surface area contributed by atoms with Gasteiger partial charge in [0.1, 0.15) is 11.5 Å². The third-order valence-electron chi connectivity index (χ3n) is 5.62. The maximum Gasteiger partial charge on any atom is 0.214 e. The summed E-state index contributed by atoms with van der Waals surface area (Å²) in [5.74, 6) is 1.71. The molecule has 0 spiro atoms. The van der Waals surface area contributed by atoms with Crippen LogP contribution in [-0.2, 0) is 0 Å². The van der Waals surface area contributed by atoms with Crippen LogP contribution in [0.1, 0.15) is 40.9 Å². The minimum absolute atomic E-state index is 0.0777. The van der Waals surface area contributed by atoms with E-state index < -0.39 is 6.23 Å². The van der Waals surface area contributed by atoms with Crippen molar-refractivity contribution < 1.29 is 19.7 Å². The summed E-state index contributed by atoms with van der Waals surface area (Å²) in [6.45, 7) is 1.99. The number of para-hydroxylation sites is 1. The van der Waals surface area contributed by atoms with Crippen molar-refractivity contribution in [1.82, 2.24) is 5.01 Å². The number of rotatable bonds is 3. The quantitative estimate of drug-likeness (QED) is 0.667. The van der Waals surface area contributed by atoms with Gasteiger partial charge in [0.05, 0.1) is 18.9 Å². The Morgan fingerprint density at radius 1 is 1.07 bits per heavy atom. The Balaban J connectivity index is 1.65. The third-order valence-corrected chi connectivity index (χ3v) is 5.62. The standard InChI is InChI=1S/C24H22N2O4/c1-14-9-10-21(28)18(11-14)19-13-20-17-7-4-8-22(29-2)23(17)30-24(26(20)25-19)15-5-3-6-16(27)12-15/h3-12,20,24,27-28H,13H2,1-2H3/t20-,24-/m1/s1. The van der Waals surface area contributed by atoms with E-state index in [0.717, 1.165) is 28.0 Å². The van der Waals surface area contributed by atoms with Crippen LogP contribution in [0.2, 0.25) is 0 Å². The second-order valence-corrected chi connectivity index (χ2v) is 7.61. The fourth-order valence-electron chi connectivity index (χ4n) is 4.19. The molecule has 0 unspecified atom stereocenters. The number of phenols is 2. The highest BCUT2D eigenvalue weighted by molar-refractivity contribution is 6.04. The van der Waals surface area contributed by atoms with Crippen LogP contribution in [0, 0.1) is 6.92 Å². The largest absolute Gasteiger partial charge is 0.508 e. The summed E-state index contributed by atoms with van der Waals surface area (Å²) < 4.78 is 11.9. The van der Waals surface area contributed by atoms with E-state index in [4.69, 9.17) is 14.6 Å². The van der Waals surface area contributed by atoms with Gasteiger partial charge in [-0.25, -0.2) is 5.01 Å². The molecule has 0 aliphatic carbocycles. The molecule has 6 nitrogen and oxygen atoms in total. The van der Waals surface area contributed by atoms with Gasteiger partial charge in [0.25, 0.3) is 0 Å². The molecule has 30 heavy (non-hydrogen) atoms. The fraction of sp³-hybridized carbons (Fsp3) is 0.208. The van der Waals surface area contributed by atoms with E-state index in [2.05, 4.69) is 0 Å². The van der Waals surface area contributed by atoms with E-state index in [-0.39, 0.29) is 17.5 Å². The zero-order chi connectivity index (χ0) is 20.8. The third kappa shape index (κ3) is 2.92. The molecule has 5 rings (SSSR count). The number of ether oxygens (including phenoxy) is 2. The van der Waals surface area contributed by atoms with Gasteiger partial charge in [-0.3, -0.25) is 0 Å². The number of aromatic hydroxyl groups is 2. The smallest absolute Gasteiger partial charge is 0.214 e. The molecule has 0 saturated heterocycles. The number of benzene rings is 3. The summed E-state index contributed by atoms with van der Waals surface area (Å²) in [6.07, 6.45) is 0.0888. The zero-order valence-electron chi connectivity index (χ0n) is 16.7. The molecule has 0 saturated carbocycles. The summed E-state index contributed by atoms with van der Waals surface area (Å²) >= 11 is 0. The molecule has 2 atom stereocenters. The monoisotopic (exact) mass is 402 g/mol. The minimum atomic E-state index is -0.532. The van der Waals surface area contributed by atoms with Crippen LogP contribution in [0.25, 0.3) is 0 Å². The molecule has 3 aromatic rings.